The van der Waals surface area contributed by atoms with Crippen LogP contribution in [-0.2, 0) is 21.1 Å². The van der Waals surface area contributed by atoms with Crippen molar-refractivity contribution >= 4 is 15.7 Å². The number of carbonyl (C=O) groups is 1. The van der Waals surface area contributed by atoms with Gasteiger partial charge >= 0.3 is 0 Å². The highest BCUT2D eigenvalue weighted by atomic mass is 32.2. The van der Waals surface area contributed by atoms with Crippen LogP contribution in [0.4, 0.5) is 0 Å². The summed E-state index contributed by atoms with van der Waals surface area (Å²) in [6.07, 6.45) is 2.67. The first-order valence-corrected chi connectivity index (χ1v) is 9.72. The number of rotatable bonds is 5. The van der Waals surface area contributed by atoms with Gasteiger partial charge in [0, 0.05) is 31.8 Å². The molecule has 122 valence electrons. The Hall–Kier alpha value is -1.30. The van der Waals surface area contributed by atoms with E-state index < -0.39 is 9.84 Å². The zero-order valence-electron chi connectivity index (χ0n) is 13.1. The van der Waals surface area contributed by atoms with E-state index in [2.05, 4.69) is 6.92 Å². The number of furan rings is 1. The summed E-state index contributed by atoms with van der Waals surface area (Å²) in [5, 5.41) is 0. The van der Waals surface area contributed by atoms with Crippen LogP contribution in [0.3, 0.4) is 0 Å². The van der Waals surface area contributed by atoms with E-state index in [1.165, 1.54) is 6.42 Å². The molecule has 1 aromatic heterocycles. The highest BCUT2D eigenvalue weighted by Gasteiger charge is 2.36. The highest BCUT2D eigenvalue weighted by molar-refractivity contribution is 7.91. The molecule has 5 nitrogen and oxygen atoms in total. The summed E-state index contributed by atoms with van der Waals surface area (Å²) in [5.74, 6) is 3.41. The Kier molecular flexibility index (Phi) is 4.05. The maximum atomic E-state index is 12.2. The molecule has 1 amide bonds. The third-order valence-corrected chi connectivity index (χ3v) is 6.64. The minimum atomic E-state index is -2.96. The normalized spacial score (nSPS) is 29.5. The SMILES string of the molecule is C[C@@H]1C[C@@H]1c1ccc(CCC(=O)N(C)[C@H]2CCS(=O)(=O)C2)o1. The minimum absolute atomic E-state index is 0.0140. The second-order valence-electron chi connectivity index (χ2n) is 6.69. The summed E-state index contributed by atoms with van der Waals surface area (Å²) in [6, 6.07) is 3.80. The van der Waals surface area contributed by atoms with Crippen molar-refractivity contribution in [3.63, 3.8) is 0 Å². The average molecular weight is 325 g/mol. The maximum absolute atomic E-state index is 12.2. The van der Waals surface area contributed by atoms with Crippen LogP contribution in [0, 0.1) is 5.92 Å². The summed E-state index contributed by atoms with van der Waals surface area (Å²) >= 11 is 0. The predicted octanol–water partition coefficient (Wildman–Crippen LogP) is 1.98. The van der Waals surface area contributed by atoms with Gasteiger partial charge in [-0.2, -0.15) is 0 Å². The molecule has 0 bridgehead atoms. The van der Waals surface area contributed by atoms with Gasteiger partial charge in [-0.3, -0.25) is 4.79 Å². The Morgan fingerprint density at radius 1 is 1.41 bits per heavy atom. The van der Waals surface area contributed by atoms with Gasteiger partial charge in [-0.05, 0) is 30.9 Å². The fourth-order valence-corrected chi connectivity index (χ4v) is 4.91. The summed E-state index contributed by atoms with van der Waals surface area (Å²) in [5.41, 5.74) is 0. The Labute approximate surface area is 131 Å². The molecule has 0 N–H and O–H groups in total. The fraction of sp³-hybridized carbons (Fsp3) is 0.688. The van der Waals surface area contributed by atoms with Gasteiger partial charge in [-0.1, -0.05) is 6.92 Å². The number of hydrogen-bond donors (Lipinski definition) is 0. The lowest BCUT2D eigenvalue weighted by Crippen LogP contribution is -2.37. The zero-order valence-corrected chi connectivity index (χ0v) is 13.9. The molecule has 0 radical (unpaired) electrons. The monoisotopic (exact) mass is 325 g/mol. The molecular weight excluding hydrogens is 302 g/mol. The molecule has 22 heavy (non-hydrogen) atoms. The van der Waals surface area contributed by atoms with Crippen LogP contribution in [0.15, 0.2) is 16.5 Å². The molecule has 2 fully saturated rings. The van der Waals surface area contributed by atoms with E-state index in [9.17, 15) is 13.2 Å². The van der Waals surface area contributed by atoms with Crippen molar-refractivity contribution in [1.82, 2.24) is 4.90 Å². The molecule has 0 aromatic carbocycles. The molecule has 0 spiro atoms. The molecule has 1 aromatic rings. The van der Waals surface area contributed by atoms with Gasteiger partial charge < -0.3 is 9.32 Å². The first-order valence-electron chi connectivity index (χ1n) is 7.90. The van der Waals surface area contributed by atoms with Gasteiger partial charge in [-0.25, -0.2) is 8.42 Å². The van der Waals surface area contributed by atoms with Gasteiger partial charge in [0.05, 0.1) is 11.5 Å². The Morgan fingerprint density at radius 2 is 2.14 bits per heavy atom. The van der Waals surface area contributed by atoms with Gasteiger partial charge in [0.25, 0.3) is 0 Å². The molecule has 1 saturated heterocycles. The number of sulfone groups is 1. The van der Waals surface area contributed by atoms with Gasteiger partial charge in [-0.15, -0.1) is 0 Å². The smallest absolute Gasteiger partial charge is 0.223 e. The third kappa shape index (κ3) is 3.37. The lowest BCUT2D eigenvalue weighted by Gasteiger charge is -2.23. The lowest BCUT2D eigenvalue weighted by molar-refractivity contribution is -0.131. The highest BCUT2D eigenvalue weighted by Crippen LogP contribution is 2.47. The molecule has 2 aliphatic rings. The van der Waals surface area contributed by atoms with Crippen LogP contribution in [0.25, 0.3) is 0 Å². The molecule has 1 saturated carbocycles. The van der Waals surface area contributed by atoms with Crippen molar-refractivity contribution < 1.29 is 17.6 Å². The standard InChI is InChI=1S/C16H23NO4S/c1-11-9-14(11)15-5-3-13(21-15)4-6-16(18)17(2)12-7-8-22(19,20)10-12/h3,5,11-12,14H,4,6-10H2,1-2H3/t11-,12+,14+/m1/s1. The summed E-state index contributed by atoms with van der Waals surface area (Å²) in [7, 11) is -1.26. The molecule has 1 aliphatic heterocycles. The van der Waals surface area contributed by atoms with Gasteiger partial charge in [0.2, 0.25) is 5.91 Å². The van der Waals surface area contributed by atoms with Gasteiger partial charge in [0.1, 0.15) is 11.5 Å². The van der Waals surface area contributed by atoms with E-state index >= 15 is 0 Å². The second-order valence-corrected chi connectivity index (χ2v) is 8.91. The lowest BCUT2D eigenvalue weighted by atomic mass is 10.2. The summed E-state index contributed by atoms with van der Waals surface area (Å²) in [4.78, 5) is 13.8. The van der Waals surface area contributed by atoms with E-state index in [1.54, 1.807) is 11.9 Å². The van der Waals surface area contributed by atoms with Crippen LogP contribution in [0.1, 0.15) is 43.6 Å². The predicted molar refractivity (Wildman–Crippen MR) is 83.4 cm³/mol. The molecular formula is C16H23NO4S. The summed E-state index contributed by atoms with van der Waals surface area (Å²) < 4.78 is 28.8. The van der Waals surface area contributed by atoms with E-state index in [0.717, 1.165) is 11.5 Å². The van der Waals surface area contributed by atoms with Crippen molar-refractivity contribution in [2.75, 3.05) is 18.6 Å². The Balaban J connectivity index is 1.50. The van der Waals surface area contributed by atoms with Crippen LogP contribution >= 0.6 is 0 Å². The van der Waals surface area contributed by atoms with E-state index in [4.69, 9.17) is 4.42 Å². The quantitative estimate of drug-likeness (QED) is 0.830. The topological polar surface area (TPSA) is 67.6 Å². The number of nitrogens with zero attached hydrogens (tertiary/aromatic N) is 1. The molecule has 0 unspecified atom stereocenters. The fourth-order valence-electron chi connectivity index (χ4n) is 3.14. The largest absolute Gasteiger partial charge is 0.466 e. The molecule has 3 atom stereocenters. The van der Waals surface area contributed by atoms with Gasteiger partial charge in [0.15, 0.2) is 9.84 Å². The third-order valence-electron chi connectivity index (χ3n) is 4.89. The van der Waals surface area contributed by atoms with Crippen molar-refractivity contribution in [3.05, 3.63) is 23.7 Å². The van der Waals surface area contributed by atoms with E-state index in [0.29, 0.717) is 31.1 Å². The van der Waals surface area contributed by atoms with Crippen LogP contribution in [0.5, 0.6) is 0 Å². The number of aryl methyl sites for hydroxylation is 1. The van der Waals surface area contributed by atoms with Crippen molar-refractivity contribution in [1.29, 1.82) is 0 Å². The first kappa shape index (κ1) is 15.6. The molecule has 1 aliphatic carbocycles. The second kappa shape index (κ2) is 5.72. The number of carbonyl (C=O) groups excluding carboxylic acids is 1. The van der Waals surface area contributed by atoms with Crippen LogP contribution < -0.4 is 0 Å². The first-order chi connectivity index (χ1) is 10.4. The Morgan fingerprint density at radius 3 is 2.73 bits per heavy atom. The zero-order chi connectivity index (χ0) is 15.9. The van der Waals surface area contributed by atoms with Crippen molar-refractivity contribution in [2.45, 2.75) is 44.6 Å². The van der Waals surface area contributed by atoms with Crippen molar-refractivity contribution in [2.24, 2.45) is 5.92 Å². The number of amides is 1. The maximum Gasteiger partial charge on any atom is 0.223 e. The molecule has 2 heterocycles. The Bertz CT molecular complexity index is 663. The van der Waals surface area contributed by atoms with E-state index in [-0.39, 0.29) is 23.5 Å². The summed E-state index contributed by atoms with van der Waals surface area (Å²) in [6.45, 7) is 2.21. The van der Waals surface area contributed by atoms with E-state index in [1.807, 2.05) is 12.1 Å². The van der Waals surface area contributed by atoms with Crippen LogP contribution in [0.2, 0.25) is 0 Å². The molecule has 6 heteroatoms. The molecule has 3 rings (SSSR count). The average Bonchev–Trinajstić information content (AvgIpc) is 2.89. The number of hydrogen-bond acceptors (Lipinski definition) is 4. The van der Waals surface area contributed by atoms with Crippen LogP contribution in [-0.4, -0.2) is 43.8 Å². The minimum Gasteiger partial charge on any atom is -0.466 e. The van der Waals surface area contributed by atoms with Crippen molar-refractivity contribution in [3.8, 4) is 0 Å².